The van der Waals surface area contributed by atoms with Crippen molar-refractivity contribution in [3.8, 4) is 5.75 Å². The van der Waals surface area contributed by atoms with E-state index in [4.69, 9.17) is 4.74 Å². The zero-order valence-electron chi connectivity index (χ0n) is 17.4. The van der Waals surface area contributed by atoms with Crippen LogP contribution in [0.4, 0.5) is 13.2 Å². The van der Waals surface area contributed by atoms with E-state index < -0.39 is 17.8 Å². The number of benzene rings is 1. The SMILES string of the molecule is CCOc1ccc(C2CCC(CCC3CCC(C)CC3)CC2)c(C(F)F)c1F. The Morgan fingerprint density at radius 1 is 0.929 bits per heavy atom. The summed E-state index contributed by atoms with van der Waals surface area (Å²) in [6.45, 7) is 4.35. The molecular weight excluding hydrogens is 361 g/mol. The lowest BCUT2D eigenvalue weighted by Gasteiger charge is -2.32. The second kappa shape index (κ2) is 10.0. The van der Waals surface area contributed by atoms with Gasteiger partial charge >= 0.3 is 0 Å². The van der Waals surface area contributed by atoms with Crippen LogP contribution in [0.15, 0.2) is 12.1 Å². The molecule has 0 saturated heterocycles. The summed E-state index contributed by atoms with van der Waals surface area (Å²) in [7, 11) is 0. The quantitative estimate of drug-likeness (QED) is 0.453. The van der Waals surface area contributed by atoms with Crippen LogP contribution in [-0.2, 0) is 0 Å². The maximum atomic E-state index is 14.6. The minimum atomic E-state index is -2.80. The van der Waals surface area contributed by atoms with E-state index in [1.807, 2.05) is 0 Å². The highest BCUT2D eigenvalue weighted by atomic mass is 19.3. The molecule has 2 aliphatic carbocycles. The van der Waals surface area contributed by atoms with Gasteiger partial charge in [-0.1, -0.05) is 51.5 Å². The monoisotopic (exact) mass is 396 g/mol. The molecular formula is C24H35F3O. The average Bonchev–Trinajstić information content (AvgIpc) is 2.69. The second-order valence-electron chi connectivity index (χ2n) is 9.04. The molecule has 28 heavy (non-hydrogen) atoms. The second-order valence-corrected chi connectivity index (χ2v) is 9.04. The largest absolute Gasteiger partial charge is 0.491 e. The highest BCUT2D eigenvalue weighted by Gasteiger charge is 2.30. The Bertz CT molecular complexity index is 615. The summed E-state index contributed by atoms with van der Waals surface area (Å²) in [4.78, 5) is 0. The molecule has 0 N–H and O–H groups in total. The van der Waals surface area contributed by atoms with Gasteiger partial charge in [-0.05, 0) is 67.9 Å². The maximum absolute atomic E-state index is 14.6. The van der Waals surface area contributed by atoms with Crippen molar-refractivity contribution in [3.63, 3.8) is 0 Å². The predicted octanol–water partition coefficient (Wildman–Crippen LogP) is 8.04. The Hall–Kier alpha value is -1.19. The van der Waals surface area contributed by atoms with Crippen LogP contribution in [0.3, 0.4) is 0 Å². The van der Waals surface area contributed by atoms with Crippen LogP contribution in [0.2, 0.25) is 0 Å². The van der Waals surface area contributed by atoms with Crippen molar-refractivity contribution in [2.45, 2.75) is 90.4 Å². The van der Waals surface area contributed by atoms with Crippen LogP contribution < -0.4 is 4.74 Å². The smallest absolute Gasteiger partial charge is 0.267 e. The summed E-state index contributed by atoms with van der Waals surface area (Å²) < 4.78 is 46.9. The van der Waals surface area contributed by atoms with Gasteiger partial charge in [0.2, 0.25) is 0 Å². The molecule has 0 atom stereocenters. The number of rotatable bonds is 7. The summed E-state index contributed by atoms with van der Waals surface area (Å²) in [5.74, 6) is 1.60. The molecule has 0 aliphatic heterocycles. The fourth-order valence-electron chi connectivity index (χ4n) is 5.28. The van der Waals surface area contributed by atoms with Crippen molar-refractivity contribution in [1.82, 2.24) is 0 Å². The third kappa shape index (κ3) is 5.24. The summed E-state index contributed by atoms with van der Waals surface area (Å²) in [5.41, 5.74) is 0.0568. The lowest BCUT2D eigenvalue weighted by molar-refractivity contribution is 0.142. The van der Waals surface area contributed by atoms with E-state index in [0.717, 1.165) is 37.5 Å². The number of alkyl halides is 2. The van der Waals surface area contributed by atoms with Crippen molar-refractivity contribution < 1.29 is 17.9 Å². The van der Waals surface area contributed by atoms with Gasteiger partial charge in [-0.2, -0.15) is 0 Å². The molecule has 0 amide bonds. The van der Waals surface area contributed by atoms with Gasteiger partial charge in [-0.15, -0.1) is 0 Å². The molecule has 2 fully saturated rings. The highest BCUT2D eigenvalue weighted by Crippen LogP contribution is 2.43. The maximum Gasteiger partial charge on any atom is 0.267 e. The molecule has 1 nitrogen and oxygen atoms in total. The summed E-state index contributed by atoms with van der Waals surface area (Å²) in [6.07, 6.45) is 9.21. The van der Waals surface area contributed by atoms with E-state index in [2.05, 4.69) is 6.92 Å². The van der Waals surface area contributed by atoms with Gasteiger partial charge in [0, 0.05) is 0 Å². The van der Waals surface area contributed by atoms with Gasteiger partial charge in [-0.25, -0.2) is 13.2 Å². The van der Waals surface area contributed by atoms with Crippen LogP contribution >= 0.6 is 0 Å². The van der Waals surface area contributed by atoms with Gasteiger partial charge < -0.3 is 4.74 Å². The Labute approximate surface area is 168 Å². The van der Waals surface area contributed by atoms with Crippen LogP contribution in [0.5, 0.6) is 5.75 Å². The molecule has 0 heterocycles. The zero-order valence-corrected chi connectivity index (χ0v) is 17.4. The molecule has 1 aromatic carbocycles. The average molecular weight is 397 g/mol. The van der Waals surface area contributed by atoms with Gasteiger partial charge in [0.05, 0.1) is 12.2 Å². The van der Waals surface area contributed by atoms with Gasteiger partial charge in [0.15, 0.2) is 11.6 Å². The number of hydrogen-bond acceptors (Lipinski definition) is 1. The molecule has 1 aromatic rings. The zero-order chi connectivity index (χ0) is 20.1. The van der Waals surface area contributed by atoms with Crippen molar-refractivity contribution in [2.24, 2.45) is 17.8 Å². The standard InChI is InChI=1S/C24H35F3O/c1-3-28-21-15-14-20(22(23(21)25)24(26)27)19-12-10-18(11-13-19)9-8-17-6-4-16(2)5-7-17/h14-19,24H,3-13H2,1-2H3. The van der Waals surface area contributed by atoms with E-state index in [9.17, 15) is 13.2 Å². The Morgan fingerprint density at radius 3 is 2.04 bits per heavy atom. The topological polar surface area (TPSA) is 9.23 Å². The number of ether oxygens (including phenoxy) is 1. The van der Waals surface area contributed by atoms with Gasteiger partial charge in [-0.3, -0.25) is 0 Å². The fourth-order valence-corrected chi connectivity index (χ4v) is 5.28. The molecule has 158 valence electrons. The molecule has 3 rings (SSSR count). The Morgan fingerprint density at radius 2 is 1.50 bits per heavy atom. The molecule has 0 aromatic heterocycles. The molecule has 2 saturated carbocycles. The van der Waals surface area contributed by atoms with Crippen molar-refractivity contribution in [1.29, 1.82) is 0 Å². The van der Waals surface area contributed by atoms with E-state index in [1.165, 1.54) is 44.6 Å². The minimum Gasteiger partial charge on any atom is -0.491 e. The van der Waals surface area contributed by atoms with Gasteiger partial charge in [0.1, 0.15) is 0 Å². The molecule has 0 spiro atoms. The van der Waals surface area contributed by atoms with Crippen molar-refractivity contribution >= 4 is 0 Å². The highest BCUT2D eigenvalue weighted by molar-refractivity contribution is 5.40. The van der Waals surface area contributed by atoms with Crippen molar-refractivity contribution in [2.75, 3.05) is 6.61 Å². The minimum absolute atomic E-state index is 0.0426. The van der Waals surface area contributed by atoms with Crippen LogP contribution in [0.25, 0.3) is 0 Å². The fraction of sp³-hybridized carbons (Fsp3) is 0.750. The van der Waals surface area contributed by atoms with E-state index in [-0.39, 0.29) is 18.3 Å². The molecule has 2 aliphatic rings. The first kappa shape index (κ1) is 21.5. The molecule has 4 heteroatoms. The number of hydrogen-bond donors (Lipinski definition) is 0. The number of halogens is 3. The lowest BCUT2D eigenvalue weighted by Crippen LogP contribution is -2.18. The first-order valence-electron chi connectivity index (χ1n) is 11.2. The first-order chi connectivity index (χ1) is 13.5. The van der Waals surface area contributed by atoms with E-state index in [1.54, 1.807) is 13.0 Å². The third-order valence-corrected chi connectivity index (χ3v) is 7.10. The molecule has 0 bridgehead atoms. The summed E-state index contributed by atoms with van der Waals surface area (Å²) >= 11 is 0. The first-order valence-corrected chi connectivity index (χ1v) is 11.2. The Kier molecular flexibility index (Phi) is 7.70. The van der Waals surface area contributed by atoms with Crippen LogP contribution in [0, 0.1) is 23.6 Å². The predicted molar refractivity (Wildman–Crippen MR) is 108 cm³/mol. The van der Waals surface area contributed by atoms with Crippen molar-refractivity contribution in [3.05, 3.63) is 29.1 Å². The van der Waals surface area contributed by atoms with E-state index in [0.29, 0.717) is 11.5 Å². The van der Waals surface area contributed by atoms with Crippen LogP contribution in [0.1, 0.15) is 102 Å². The molecule has 0 radical (unpaired) electrons. The summed E-state index contributed by atoms with van der Waals surface area (Å²) in [5, 5.41) is 0. The Balaban J connectivity index is 1.56. The molecule has 0 unspecified atom stereocenters. The van der Waals surface area contributed by atoms with E-state index >= 15 is 0 Å². The summed E-state index contributed by atoms with van der Waals surface area (Å²) in [6, 6.07) is 3.19. The normalized spacial score (nSPS) is 28.5. The third-order valence-electron chi connectivity index (χ3n) is 7.10. The van der Waals surface area contributed by atoms with Crippen LogP contribution in [-0.4, -0.2) is 6.61 Å². The lowest BCUT2D eigenvalue weighted by atomic mass is 9.74. The van der Waals surface area contributed by atoms with Gasteiger partial charge in [0.25, 0.3) is 6.43 Å².